The quantitative estimate of drug-likeness (QED) is 0.659. The highest BCUT2D eigenvalue weighted by Gasteiger charge is 2.16. The molecule has 5 heteroatoms. The van der Waals surface area contributed by atoms with E-state index in [0.717, 1.165) is 28.3 Å². The maximum Gasteiger partial charge on any atom is 0.0743 e. The third-order valence-electron chi connectivity index (χ3n) is 3.02. The average molecular weight is 265 g/mol. The van der Waals surface area contributed by atoms with E-state index in [1.807, 2.05) is 42.2 Å². The molecule has 1 heterocycles. The Hall–Kier alpha value is -1.36. The average Bonchev–Trinajstić information content (AvgIpc) is 2.81. The van der Waals surface area contributed by atoms with Crippen LogP contribution in [0, 0.1) is 6.92 Å². The third-order valence-corrected chi connectivity index (χ3v) is 3.26. The van der Waals surface area contributed by atoms with Gasteiger partial charge in [0.05, 0.1) is 12.2 Å². The number of nitrogens with one attached hydrogen (secondary N) is 1. The minimum atomic E-state index is -0.0671. The van der Waals surface area contributed by atoms with Crippen molar-refractivity contribution in [2.24, 2.45) is 5.84 Å². The van der Waals surface area contributed by atoms with Gasteiger partial charge < -0.3 is 0 Å². The van der Waals surface area contributed by atoms with Crippen molar-refractivity contribution in [3.63, 3.8) is 0 Å². The van der Waals surface area contributed by atoms with Crippen molar-refractivity contribution in [3.8, 4) is 0 Å². The number of nitrogens with two attached hydrogens (primary N) is 1. The third kappa shape index (κ3) is 2.56. The van der Waals surface area contributed by atoms with Crippen molar-refractivity contribution < 1.29 is 0 Å². The summed E-state index contributed by atoms with van der Waals surface area (Å²) < 4.78 is 1.88. The molecule has 0 saturated carbocycles. The number of nitrogens with zero attached hydrogens (tertiary/aromatic N) is 2. The zero-order chi connectivity index (χ0) is 13.1. The van der Waals surface area contributed by atoms with Crippen molar-refractivity contribution >= 4 is 11.6 Å². The fourth-order valence-corrected chi connectivity index (χ4v) is 2.26. The first kappa shape index (κ1) is 13.1. The number of benzene rings is 1. The highest BCUT2D eigenvalue weighted by molar-refractivity contribution is 6.30. The van der Waals surface area contributed by atoms with Crippen LogP contribution in [-0.4, -0.2) is 9.78 Å². The van der Waals surface area contributed by atoms with Gasteiger partial charge in [-0.25, -0.2) is 5.43 Å². The molecule has 1 aromatic heterocycles. The minimum absolute atomic E-state index is 0.0671. The first-order valence-electron chi connectivity index (χ1n) is 5.90. The van der Waals surface area contributed by atoms with Crippen molar-refractivity contribution in [1.82, 2.24) is 15.2 Å². The Morgan fingerprint density at radius 2 is 2.28 bits per heavy atom. The van der Waals surface area contributed by atoms with Crippen molar-refractivity contribution in [2.75, 3.05) is 0 Å². The molecule has 0 amide bonds. The Labute approximate surface area is 112 Å². The lowest BCUT2D eigenvalue weighted by Crippen LogP contribution is -2.29. The summed E-state index contributed by atoms with van der Waals surface area (Å²) in [5.74, 6) is 5.67. The molecule has 2 rings (SSSR count). The molecule has 2 aromatic rings. The molecule has 0 aliphatic carbocycles. The van der Waals surface area contributed by atoms with Crippen LogP contribution in [0.5, 0.6) is 0 Å². The number of hydrogen-bond acceptors (Lipinski definition) is 3. The van der Waals surface area contributed by atoms with Crippen LogP contribution < -0.4 is 11.3 Å². The van der Waals surface area contributed by atoms with Crippen LogP contribution in [0.15, 0.2) is 30.6 Å². The van der Waals surface area contributed by atoms with Crippen molar-refractivity contribution in [3.05, 3.63) is 52.3 Å². The van der Waals surface area contributed by atoms with Crippen LogP contribution in [0.4, 0.5) is 0 Å². The van der Waals surface area contributed by atoms with Crippen molar-refractivity contribution in [2.45, 2.75) is 26.4 Å². The molecule has 0 radical (unpaired) electrons. The van der Waals surface area contributed by atoms with Crippen LogP contribution in [-0.2, 0) is 6.54 Å². The zero-order valence-corrected chi connectivity index (χ0v) is 11.3. The molecule has 0 spiro atoms. The Kier molecular flexibility index (Phi) is 4.01. The maximum absolute atomic E-state index is 5.97. The molecule has 4 nitrogen and oxygen atoms in total. The van der Waals surface area contributed by atoms with Crippen molar-refractivity contribution in [1.29, 1.82) is 0 Å². The van der Waals surface area contributed by atoms with E-state index in [1.54, 1.807) is 0 Å². The Bertz CT molecular complexity index is 536. The predicted octanol–water partition coefficient (Wildman–Crippen LogP) is 2.42. The van der Waals surface area contributed by atoms with Gasteiger partial charge >= 0.3 is 0 Å². The van der Waals surface area contributed by atoms with E-state index >= 15 is 0 Å². The van der Waals surface area contributed by atoms with E-state index in [-0.39, 0.29) is 6.04 Å². The maximum atomic E-state index is 5.97. The number of aryl methyl sites for hydroxylation is 2. The van der Waals surface area contributed by atoms with Gasteiger partial charge in [-0.3, -0.25) is 10.5 Å². The van der Waals surface area contributed by atoms with Gasteiger partial charge in [0.2, 0.25) is 0 Å². The molecule has 1 atom stereocenters. The Morgan fingerprint density at radius 3 is 2.83 bits per heavy atom. The molecule has 1 unspecified atom stereocenters. The topological polar surface area (TPSA) is 55.9 Å². The fourth-order valence-electron chi connectivity index (χ4n) is 2.03. The summed E-state index contributed by atoms with van der Waals surface area (Å²) in [5, 5.41) is 5.00. The van der Waals surface area contributed by atoms with E-state index in [2.05, 4.69) is 17.4 Å². The molecular formula is C13H17ClN4. The van der Waals surface area contributed by atoms with Gasteiger partial charge in [0.15, 0.2) is 0 Å². The highest BCUT2D eigenvalue weighted by Crippen LogP contribution is 2.26. The molecule has 0 bridgehead atoms. The summed E-state index contributed by atoms with van der Waals surface area (Å²) >= 11 is 5.97. The normalized spacial score (nSPS) is 12.7. The molecule has 96 valence electrons. The first-order valence-corrected chi connectivity index (χ1v) is 6.28. The van der Waals surface area contributed by atoms with E-state index in [9.17, 15) is 0 Å². The second-order valence-electron chi connectivity index (χ2n) is 4.23. The SMILES string of the molecule is CCn1cc(C(NN)c2ccc(Cl)cc2C)cn1. The number of hydrogen-bond donors (Lipinski definition) is 2. The smallest absolute Gasteiger partial charge is 0.0743 e. The van der Waals surface area contributed by atoms with Gasteiger partial charge in [-0.05, 0) is 37.1 Å². The van der Waals surface area contributed by atoms with E-state index in [4.69, 9.17) is 17.4 Å². The molecule has 3 N–H and O–H groups in total. The largest absolute Gasteiger partial charge is 0.273 e. The number of aromatic nitrogens is 2. The van der Waals surface area contributed by atoms with E-state index < -0.39 is 0 Å². The fraction of sp³-hybridized carbons (Fsp3) is 0.308. The van der Waals surface area contributed by atoms with Crippen LogP contribution in [0.2, 0.25) is 5.02 Å². The molecule has 0 fully saturated rings. The summed E-state index contributed by atoms with van der Waals surface area (Å²) in [6.07, 6.45) is 3.83. The van der Waals surface area contributed by atoms with Gasteiger partial charge in [-0.1, -0.05) is 17.7 Å². The Balaban J connectivity index is 2.38. The van der Waals surface area contributed by atoms with Gasteiger partial charge in [0.25, 0.3) is 0 Å². The van der Waals surface area contributed by atoms with Crippen LogP contribution in [0.1, 0.15) is 29.7 Å². The van der Waals surface area contributed by atoms with E-state index in [0.29, 0.717) is 0 Å². The van der Waals surface area contributed by atoms with Gasteiger partial charge in [-0.2, -0.15) is 5.10 Å². The second-order valence-corrected chi connectivity index (χ2v) is 4.67. The van der Waals surface area contributed by atoms with Gasteiger partial charge in [-0.15, -0.1) is 0 Å². The van der Waals surface area contributed by atoms with Crippen LogP contribution in [0.25, 0.3) is 0 Å². The highest BCUT2D eigenvalue weighted by atomic mass is 35.5. The molecule has 0 aliphatic heterocycles. The molecule has 1 aromatic carbocycles. The summed E-state index contributed by atoms with van der Waals surface area (Å²) in [7, 11) is 0. The second kappa shape index (κ2) is 5.52. The summed E-state index contributed by atoms with van der Waals surface area (Å²) in [6, 6.07) is 5.73. The van der Waals surface area contributed by atoms with Gasteiger partial charge in [0.1, 0.15) is 0 Å². The molecule has 0 aliphatic rings. The minimum Gasteiger partial charge on any atom is -0.273 e. The monoisotopic (exact) mass is 264 g/mol. The lowest BCUT2D eigenvalue weighted by molar-refractivity contribution is 0.627. The summed E-state index contributed by atoms with van der Waals surface area (Å²) in [5.41, 5.74) is 6.10. The van der Waals surface area contributed by atoms with E-state index in [1.165, 1.54) is 0 Å². The number of rotatable bonds is 4. The lowest BCUT2D eigenvalue weighted by atomic mass is 9.98. The number of hydrazine groups is 1. The molecule has 0 saturated heterocycles. The molecule has 18 heavy (non-hydrogen) atoms. The predicted molar refractivity (Wildman–Crippen MR) is 73.3 cm³/mol. The summed E-state index contributed by atoms with van der Waals surface area (Å²) in [6.45, 7) is 4.92. The van der Waals surface area contributed by atoms with Crippen LogP contribution >= 0.6 is 11.6 Å². The summed E-state index contributed by atoms with van der Waals surface area (Å²) in [4.78, 5) is 0. The standard InChI is InChI=1S/C13H17ClN4/c1-3-18-8-10(7-16-18)13(17-15)12-5-4-11(14)6-9(12)2/h4-8,13,17H,3,15H2,1-2H3. The Morgan fingerprint density at radius 1 is 1.50 bits per heavy atom. The van der Waals surface area contributed by atoms with Crippen LogP contribution in [0.3, 0.4) is 0 Å². The zero-order valence-electron chi connectivity index (χ0n) is 10.5. The first-order chi connectivity index (χ1) is 8.65. The van der Waals surface area contributed by atoms with Gasteiger partial charge in [0, 0.05) is 23.3 Å². The molecular weight excluding hydrogens is 248 g/mol. The number of halogens is 1. The lowest BCUT2D eigenvalue weighted by Gasteiger charge is -2.17.